The van der Waals surface area contributed by atoms with E-state index in [0.717, 1.165) is 19.3 Å². The van der Waals surface area contributed by atoms with Crippen LogP contribution in [-0.2, 0) is 31.0 Å². The molecule has 0 N–H and O–H groups in total. The molecule has 0 aliphatic heterocycles. The minimum atomic E-state index is -3.35. The van der Waals surface area contributed by atoms with Gasteiger partial charge in [-0.1, -0.05) is 44.0 Å². The Hall–Kier alpha value is -0.670. The Morgan fingerprint density at radius 3 is 2.27 bits per heavy atom. The average Bonchev–Trinajstić information content (AvgIpc) is 2.53. The highest BCUT2D eigenvalue weighted by atomic mass is 31.2. The summed E-state index contributed by atoms with van der Waals surface area (Å²) in [5.41, 5.74) is 2.69. The molecule has 1 rings (SSSR count). The largest absolute Gasteiger partial charge is 0.474 e. The molecule has 1 aromatic carbocycles. The summed E-state index contributed by atoms with van der Waals surface area (Å²) in [4.78, 5) is 0. The molecular weight excluding hydrogens is 299 g/mol. The molecule has 0 heterocycles. The van der Waals surface area contributed by atoms with E-state index in [1.807, 2.05) is 0 Å². The topological polar surface area (TPSA) is 44.8 Å². The van der Waals surface area contributed by atoms with E-state index < -0.39 is 7.82 Å². The summed E-state index contributed by atoms with van der Waals surface area (Å²) < 4.78 is 27.0. The minimum Gasteiger partial charge on any atom is -0.290 e. The van der Waals surface area contributed by atoms with Gasteiger partial charge < -0.3 is 0 Å². The molecule has 0 fully saturated rings. The molecule has 5 heteroatoms. The lowest BCUT2D eigenvalue weighted by atomic mass is 10.0. The average molecular weight is 328 g/mol. The van der Waals surface area contributed by atoms with Gasteiger partial charge >= 0.3 is 7.82 Å². The van der Waals surface area contributed by atoms with Crippen molar-refractivity contribution in [3.63, 3.8) is 0 Å². The molecule has 4 nitrogen and oxygen atoms in total. The molecule has 1 atom stereocenters. The quantitative estimate of drug-likeness (QED) is 0.393. The van der Waals surface area contributed by atoms with Gasteiger partial charge in [0.1, 0.15) is 0 Å². The van der Waals surface area contributed by atoms with Crippen LogP contribution in [0.25, 0.3) is 0 Å². The minimum absolute atomic E-state index is 0.310. The fourth-order valence-electron chi connectivity index (χ4n) is 2.27. The van der Waals surface area contributed by atoms with Gasteiger partial charge in [-0.05, 0) is 43.7 Å². The SMILES string of the molecule is CCCCCc1cccc(CCCOP(=O)(OC)OCC)c1. The van der Waals surface area contributed by atoms with Crippen LogP contribution in [0.2, 0.25) is 0 Å². The van der Waals surface area contributed by atoms with Gasteiger partial charge in [0.05, 0.1) is 13.2 Å². The molecule has 126 valence electrons. The van der Waals surface area contributed by atoms with Gasteiger partial charge in [0, 0.05) is 7.11 Å². The standard InChI is InChI=1S/C17H29O4P/c1-4-6-7-10-16-11-8-12-17(15-16)13-9-14-21-22(18,19-3)20-5-2/h8,11-12,15H,4-7,9-10,13-14H2,1-3H3. The maximum absolute atomic E-state index is 11.9. The molecular formula is C17H29O4P. The molecule has 0 bridgehead atoms. The summed E-state index contributed by atoms with van der Waals surface area (Å²) in [6.45, 7) is 4.66. The molecule has 0 radical (unpaired) electrons. The van der Waals surface area contributed by atoms with Crippen molar-refractivity contribution < 1.29 is 18.1 Å². The molecule has 1 unspecified atom stereocenters. The van der Waals surface area contributed by atoms with E-state index in [4.69, 9.17) is 13.6 Å². The van der Waals surface area contributed by atoms with Gasteiger partial charge in [-0.2, -0.15) is 0 Å². The van der Waals surface area contributed by atoms with E-state index in [-0.39, 0.29) is 0 Å². The van der Waals surface area contributed by atoms with Crippen LogP contribution in [0.4, 0.5) is 0 Å². The van der Waals surface area contributed by atoms with Gasteiger partial charge in [0.2, 0.25) is 0 Å². The lowest BCUT2D eigenvalue weighted by Gasteiger charge is -2.14. The van der Waals surface area contributed by atoms with Gasteiger partial charge in [0.15, 0.2) is 0 Å². The van der Waals surface area contributed by atoms with Crippen molar-refractivity contribution >= 4 is 7.82 Å². The summed E-state index contributed by atoms with van der Waals surface area (Å²) >= 11 is 0. The molecule has 22 heavy (non-hydrogen) atoms. The van der Waals surface area contributed by atoms with Gasteiger partial charge in [-0.15, -0.1) is 0 Å². The van der Waals surface area contributed by atoms with E-state index in [1.165, 1.54) is 37.5 Å². The highest BCUT2D eigenvalue weighted by Gasteiger charge is 2.23. The lowest BCUT2D eigenvalue weighted by molar-refractivity contribution is 0.135. The van der Waals surface area contributed by atoms with E-state index in [1.54, 1.807) is 6.92 Å². The summed E-state index contributed by atoms with van der Waals surface area (Å²) in [6.07, 6.45) is 6.60. The van der Waals surface area contributed by atoms with Crippen molar-refractivity contribution in [2.24, 2.45) is 0 Å². The number of benzene rings is 1. The van der Waals surface area contributed by atoms with Crippen molar-refractivity contribution in [1.82, 2.24) is 0 Å². The summed E-state index contributed by atoms with van der Waals surface area (Å²) in [5, 5.41) is 0. The normalized spacial score (nSPS) is 14.0. The number of unbranched alkanes of at least 4 members (excludes halogenated alkanes) is 2. The second-order valence-electron chi connectivity index (χ2n) is 5.26. The zero-order valence-corrected chi connectivity index (χ0v) is 14.9. The van der Waals surface area contributed by atoms with Crippen LogP contribution in [0.3, 0.4) is 0 Å². The Balaban J connectivity index is 2.35. The van der Waals surface area contributed by atoms with Crippen molar-refractivity contribution in [2.75, 3.05) is 20.3 Å². The van der Waals surface area contributed by atoms with Crippen LogP contribution < -0.4 is 0 Å². The predicted octanol–water partition coefficient (Wildman–Crippen LogP) is 5.16. The molecule has 0 saturated carbocycles. The summed E-state index contributed by atoms with van der Waals surface area (Å²) in [6, 6.07) is 8.68. The lowest BCUT2D eigenvalue weighted by Crippen LogP contribution is -2.00. The summed E-state index contributed by atoms with van der Waals surface area (Å²) in [7, 11) is -2.01. The van der Waals surface area contributed by atoms with E-state index >= 15 is 0 Å². The Labute approximate surface area is 134 Å². The first-order valence-corrected chi connectivity index (χ1v) is 9.62. The highest BCUT2D eigenvalue weighted by molar-refractivity contribution is 7.48. The third kappa shape index (κ3) is 7.55. The summed E-state index contributed by atoms with van der Waals surface area (Å²) in [5.74, 6) is 0. The smallest absolute Gasteiger partial charge is 0.290 e. The number of hydrogen-bond acceptors (Lipinski definition) is 4. The van der Waals surface area contributed by atoms with Crippen molar-refractivity contribution in [3.05, 3.63) is 35.4 Å². The van der Waals surface area contributed by atoms with Crippen molar-refractivity contribution in [3.8, 4) is 0 Å². The van der Waals surface area contributed by atoms with Crippen LogP contribution >= 0.6 is 7.82 Å². The third-order valence-electron chi connectivity index (χ3n) is 3.43. The number of phosphoric acid groups is 1. The van der Waals surface area contributed by atoms with Gasteiger partial charge in [-0.3, -0.25) is 13.6 Å². The van der Waals surface area contributed by atoms with E-state index in [0.29, 0.717) is 13.2 Å². The Morgan fingerprint density at radius 2 is 1.68 bits per heavy atom. The first kappa shape index (κ1) is 19.4. The molecule has 0 aliphatic rings. The molecule has 0 spiro atoms. The van der Waals surface area contributed by atoms with Gasteiger partial charge in [-0.25, -0.2) is 4.57 Å². The molecule has 1 aromatic rings. The fraction of sp³-hybridized carbons (Fsp3) is 0.647. The van der Waals surface area contributed by atoms with E-state index in [9.17, 15) is 4.57 Å². The van der Waals surface area contributed by atoms with Crippen LogP contribution in [0.15, 0.2) is 24.3 Å². The number of aryl methyl sites for hydroxylation is 2. The van der Waals surface area contributed by atoms with Crippen LogP contribution in [0.1, 0.15) is 50.7 Å². The van der Waals surface area contributed by atoms with Crippen molar-refractivity contribution in [2.45, 2.75) is 52.4 Å². The first-order valence-electron chi connectivity index (χ1n) is 8.16. The fourth-order valence-corrected chi connectivity index (χ4v) is 3.23. The molecule has 0 aromatic heterocycles. The second-order valence-corrected chi connectivity index (χ2v) is 7.04. The highest BCUT2D eigenvalue weighted by Crippen LogP contribution is 2.48. The van der Waals surface area contributed by atoms with Crippen LogP contribution in [-0.4, -0.2) is 20.3 Å². The maximum Gasteiger partial charge on any atom is 0.474 e. The molecule has 0 amide bonds. The Kier molecular flexibility index (Phi) is 9.65. The maximum atomic E-state index is 11.9. The third-order valence-corrected chi connectivity index (χ3v) is 4.95. The van der Waals surface area contributed by atoms with Crippen LogP contribution in [0, 0.1) is 0 Å². The second kappa shape index (κ2) is 11.0. The molecule has 0 aliphatic carbocycles. The van der Waals surface area contributed by atoms with Gasteiger partial charge in [0.25, 0.3) is 0 Å². The number of hydrogen-bond donors (Lipinski definition) is 0. The first-order chi connectivity index (χ1) is 10.6. The predicted molar refractivity (Wildman–Crippen MR) is 90.2 cm³/mol. The Bertz CT molecular complexity index is 462. The number of phosphoric ester groups is 1. The zero-order valence-electron chi connectivity index (χ0n) is 14.0. The zero-order chi connectivity index (χ0) is 16.3. The van der Waals surface area contributed by atoms with Crippen molar-refractivity contribution in [1.29, 1.82) is 0 Å². The monoisotopic (exact) mass is 328 g/mol. The number of rotatable bonds is 12. The van der Waals surface area contributed by atoms with E-state index in [2.05, 4.69) is 31.2 Å². The van der Waals surface area contributed by atoms with Crippen LogP contribution in [0.5, 0.6) is 0 Å². The molecule has 0 saturated heterocycles. The Morgan fingerprint density at radius 1 is 1.00 bits per heavy atom.